The summed E-state index contributed by atoms with van der Waals surface area (Å²) in [6.07, 6.45) is 0. The van der Waals surface area contributed by atoms with E-state index in [0.29, 0.717) is 5.56 Å². The summed E-state index contributed by atoms with van der Waals surface area (Å²) in [6.45, 7) is 0. The number of benzene rings is 2. The van der Waals surface area contributed by atoms with Crippen molar-refractivity contribution in [2.24, 2.45) is 5.92 Å². The lowest BCUT2D eigenvalue weighted by molar-refractivity contribution is -0.117. The summed E-state index contributed by atoms with van der Waals surface area (Å²) < 4.78 is 12.1. The van der Waals surface area contributed by atoms with Crippen LogP contribution in [-0.2, 0) is 4.79 Å². The Bertz CT molecular complexity index is 943. The molecule has 1 saturated carbocycles. The summed E-state index contributed by atoms with van der Waals surface area (Å²) in [6, 6.07) is 6.22. The number of aromatic carboxylic acids is 1. The van der Waals surface area contributed by atoms with Crippen molar-refractivity contribution in [1.82, 2.24) is 0 Å². The van der Waals surface area contributed by atoms with Gasteiger partial charge in [-0.3, -0.25) is 4.79 Å². The maximum absolute atomic E-state index is 13.5. The monoisotopic (exact) mass is 469 g/mol. The lowest BCUT2D eigenvalue weighted by atomic mass is 10.1. The molecule has 1 aliphatic carbocycles. The fourth-order valence-electron chi connectivity index (χ4n) is 2.81. The standard InChI is InChI=1S/C17H9Cl5FNO3/c18-9-3-6(4-10(19)14(9)20)12-13(17(12,21)22)15(25)24-7-1-2-11(23)8(5-7)16(26)27/h1-5,12-13H,(H,24,25)(H,26,27)/t12?,13-/m1/s1. The number of anilines is 1. The van der Waals surface area contributed by atoms with Crippen molar-refractivity contribution in [3.63, 3.8) is 0 Å². The van der Waals surface area contributed by atoms with Crippen molar-refractivity contribution in [2.75, 3.05) is 5.32 Å². The fourth-order valence-corrected chi connectivity index (χ4v) is 4.25. The Balaban J connectivity index is 1.84. The lowest BCUT2D eigenvalue weighted by Crippen LogP contribution is -2.17. The Kier molecular flexibility index (Phi) is 5.54. The van der Waals surface area contributed by atoms with E-state index in [-0.39, 0.29) is 20.8 Å². The van der Waals surface area contributed by atoms with Gasteiger partial charge in [-0.1, -0.05) is 34.8 Å². The number of hydrogen-bond donors (Lipinski definition) is 2. The molecular weight excluding hydrogens is 462 g/mol. The average molecular weight is 472 g/mol. The molecule has 1 unspecified atom stereocenters. The van der Waals surface area contributed by atoms with Crippen LogP contribution in [0.2, 0.25) is 15.1 Å². The lowest BCUT2D eigenvalue weighted by Gasteiger charge is -2.07. The second-order valence-electron chi connectivity index (χ2n) is 5.92. The van der Waals surface area contributed by atoms with Crippen LogP contribution in [0.4, 0.5) is 10.1 Å². The van der Waals surface area contributed by atoms with Crippen molar-refractivity contribution in [1.29, 1.82) is 0 Å². The molecule has 1 amide bonds. The van der Waals surface area contributed by atoms with E-state index < -0.39 is 39.4 Å². The zero-order valence-corrected chi connectivity index (χ0v) is 16.9. The molecule has 1 fully saturated rings. The molecule has 0 aliphatic heterocycles. The minimum absolute atomic E-state index is 0.0979. The molecule has 0 heterocycles. The summed E-state index contributed by atoms with van der Waals surface area (Å²) in [5.74, 6) is -4.39. The fraction of sp³-hybridized carbons (Fsp3) is 0.176. The highest BCUT2D eigenvalue weighted by Gasteiger charge is 2.67. The van der Waals surface area contributed by atoms with Gasteiger partial charge in [0, 0.05) is 11.6 Å². The Morgan fingerprint density at radius 2 is 1.67 bits per heavy atom. The van der Waals surface area contributed by atoms with Gasteiger partial charge in [-0.05, 0) is 35.9 Å². The van der Waals surface area contributed by atoms with E-state index in [0.717, 1.165) is 12.1 Å². The van der Waals surface area contributed by atoms with E-state index in [1.807, 2.05) is 0 Å². The number of rotatable bonds is 4. The SMILES string of the molecule is O=C(O)c1cc(NC(=O)[C@H]2C(c3cc(Cl)c(Cl)c(Cl)c3)C2(Cl)Cl)ccc1F. The first-order valence-electron chi connectivity index (χ1n) is 7.40. The minimum Gasteiger partial charge on any atom is -0.478 e. The van der Waals surface area contributed by atoms with E-state index in [9.17, 15) is 14.0 Å². The Morgan fingerprint density at radius 3 is 2.22 bits per heavy atom. The van der Waals surface area contributed by atoms with Crippen LogP contribution in [0.25, 0.3) is 0 Å². The molecule has 2 N–H and O–H groups in total. The minimum atomic E-state index is -1.46. The van der Waals surface area contributed by atoms with Crippen LogP contribution in [0.1, 0.15) is 21.8 Å². The van der Waals surface area contributed by atoms with Gasteiger partial charge >= 0.3 is 5.97 Å². The van der Waals surface area contributed by atoms with Gasteiger partial charge in [0.25, 0.3) is 0 Å². The molecule has 142 valence electrons. The first-order valence-corrected chi connectivity index (χ1v) is 9.29. The van der Waals surface area contributed by atoms with E-state index in [1.165, 1.54) is 18.2 Å². The van der Waals surface area contributed by atoms with E-state index in [2.05, 4.69) is 5.32 Å². The van der Waals surface area contributed by atoms with Crippen LogP contribution in [0.5, 0.6) is 0 Å². The van der Waals surface area contributed by atoms with Crippen molar-refractivity contribution in [2.45, 2.75) is 10.3 Å². The van der Waals surface area contributed by atoms with Crippen LogP contribution in [0, 0.1) is 11.7 Å². The summed E-state index contributed by atoms with van der Waals surface area (Å²) in [5, 5.41) is 12.0. The van der Waals surface area contributed by atoms with Crippen molar-refractivity contribution in [3.8, 4) is 0 Å². The van der Waals surface area contributed by atoms with Gasteiger partial charge in [0.15, 0.2) is 0 Å². The van der Waals surface area contributed by atoms with Gasteiger partial charge in [-0.2, -0.15) is 0 Å². The number of halogens is 6. The number of carbonyl (C=O) groups is 2. The Morgan fingerprint density at radius 1 is 1.07 bits per heavy atom. The summed E-state index contributed by atoms with van der Waals surface area (Å²) in [5.41, 5.74) is 0.0602. The van der Waals surface area contributed by atoms with Gasteiger partial charge in [-0.25, -0.2) is 9.18 Å². The quantitative estimate of drug-likeness (QED) is 0.424. The summed E-state index contributed by atoms with van der Waals surface area (Å²) in [7, 11) is 0. The zero-order chi connectivity index (χ0) is 20.1. The number of carboxylic acids is 1. The number of carbonyl (C=O) groups excluding carboxylic acids is 1. The van der Waals surface area contributed by atoms with Crippen LogP contribution in [0.3, 0.4) is 0 Å². The molecule has 27 heavy (non-hydrogen) atoms. The largest absolute Gasteiger partial charge is 0.478 e. The summed E-state index contributed by atoms with van der Waals surface area (Å²) >= 11 is 30.4. The highest BCUT2D eigenvalue weighted by atomic mass is 35.5. The van der Waals surface area contributed by atoms with Gasteiger partial charge in [0.05, 0.1) is 26.5 Å². The first-order chi connectivity index (χ1) is 12.5. The van der Waals surface area contributed by atoms with Gasteiger partial charge < -0.3 is 10.4 Å². The van der Waals surface area contributed by atoms with Gasteiger partial charge in [-0.15, -0.1) is 23.2 Å². The third kappa shape index (κ3) is 3.84. The van der Waals surface area contributed by atoms with Crippen LogP contribution in [-0.4, -0.2) is 21.3 Å². The third-order valence-corrected chi connectivity index (χ3v) is 6.30. The van der Waals surface area contributed by atoms with Crippen molar-refractivity contribution in [3.05, 3.63) is 62.3 Å². The van der Waals surface area contributed by atoms with E-state index >= 15 is 0 Å². The molecule has 2 aromatic carbocycles. The zero-order valence-electron chi connectivity index (χ0n) is 13.1. The Hall–Kier alpha value is -1.24. The molecule has 2 atom stereocenters. The van der Waals surface area contributed by atoms with Gasteiger partial charge in [0.1, 0.15) is 10.2 Å². The highest BCUT2D eigenvalue weighted by Crippen LogP contribution is 2.65. The predicted molar refractivity (Wildman–Crippen MR) is 104 cm³/mol. The number of nitrogens with one attached hydrogen (secondary N) is 1. The molecule has 10 heteroatoms. The van der Waals surface area contributed by atoms with Crippen molar-refractivity contribution >= 4 is 75.6 Å². The molecule has 1 aliphatic rings. The van der Waals surface area contributed by atoms with Crippen LogP contribution >= 0.6 is 58.0 Å². The molecule has 4 nitrogen and oxygen atoms in total. The van der Waals surface area contributed by atoms with E-state index in [1.54, 1.807) is 0 Å². The summed E-state index contributed by atoms with van der Waals surface area (Å²) in [4.78, 5) is 23.6. The molecular formula is C17H9Cl5FNO3. The van der Waals surface area contributed by atoms with E-state index in [4.69, 9.17) is 63.1 Å². The molecule has 0 radical (unpaired) electrons. The van der Waals surface area contributed by atoms with Crippen molar-refractivity contribution < 1.29 is 19.1 Å². The van der Waals surface area contributed by atoms with Crippen LogP contribution in [0.15, 0.2) is 30.3 Å². The molecule has 0 aromatic heterocycles. The maximum Gasteiger partial charge on any atom is 0.338 e. The molecule has 0 spiro atoms. The highest BCUT2D eigenvalue weighted by molar-refractivity contribution is 6.54. The smallest absolute Gasteiger partial charge is 0.338 e. The normalized spacial score (nSPS) is 20.2. The number of carboxylic acid groups (broad SMARTS) is 1. The topological polar surface area (TPSA) is 66.4 Å². The first kappa shape index (κ1) is 20.5. The Labute approximate surface area is 178 Å². The number of amides is 1. The number of hydrogen-bond acceptors (Lipinski definition) is 2. The molecule has 0 saturated heterocycles. The van der Waals surface area contributed by atoms with Crippen LogP contribution < -0.4 is 5.32 Å². The second kappa shape index (κ2) is 7.30. The molecule has 2 aromatic rings. The molecule has 0 bridgehead atoms. The predicted octanol–water partition coefficient (Wildman–Crippen LogP) is 6.01. The second-order valence-corrected chi connectivity index (χ2v) is 8.55. The number of alkyl halides is 2. The third-order valence-electron chi connectivity index (χ3n) is 4.17. The maximum atomic E-state index is 13.5. The average Bonchev–Trinajstić information content (AvgIpc) is 3.16. The molecule has 3 rings (SSSR count). The van der Waals surface area contributed by atoms with Gasteiger partial charge in [0.2, 0.25) is 5.91 Å².